The van der Waals surface area contributed by atoms with Gasteiger partial charge in [0.1, 0.15) is 5.82 Å². The average molecular weight is 286 g/mol. The highest BCUT2D eigenvalue weighted by Crippen LogP contribution is 2.25. The molecule has 1 aliphatic carbocycles. The number of aromatic amines is 1. The molecule has 6 heteroatoms. The van der Waals surface area contributed by atoms with Crippen molar-refractivity contribution < 1.29 is 4.92 Å². The van der Waals surface area contributed by atoms with Crippen molar-refractivity contribution in [2.75, 3.05) is 6.54 Å². The molecular formula is C15H18N4O2. The summed E-state index contributed by atoms with van der Waals surface area (Å²) in [6.45, 7) is 2.65. The molecule has 2 aromatic rings. The number of hydrogen-bond acceptors (Lipinski definition) is 4. The number of nitrogens with zero attached hydrogens (tertiary/aromatic N) is 2. The number of nitro groups is 1. The molecule has 0 unspecified atom stereocenters. The van der Waals surface area contributed by atoms with E-state index in [4.69, 9.17) is 0 Å². The van der Waals surface area contributed by atoms with E-state index in [9.17, 15) is 10.1 Å². The summed E-state index contributed by atoms with van der Waals surface area (Å²) in [6, 6.07) is 5.93. The van der Waals surface area contributed by atoms with Gasteiger partial charge in [-0.15, -0.1) is 0 Å². The molecule has 1 saturated carbocycles. The van der Waals surface area contributed by atoms with Crippen LogP contribution in [0.2, 0.25) is 0 Å². The van der Waals surface area contributed by atoms with Crippen LogP contribution in [0.4, 0.5) is 5.69 Å². The van der Waals surface area contributed by atoms with Gasteiger partial charge in [0.05, 0.1) is 16.8 Å². The number of imidazole rings is 1. The van der Waals surface area contributed by atoms with Gasteiger partial charge >= 0.3 is 0 Å². The standard InChI is InChI=1S/C15H18N4O2/c1-10-2-3-11(8-14(10)19(20)21)13-9-17-15(18-13)6-7-16-12-4-5-12/h2-3,8-9,12,16H,4-7H2,1H3,(H,17,18). The molecule has 0 saturated heterocycles. The van der Waals surface area contributed by atoms with Crippen LogP contribution in [0.25, 0.3) is 11.3 Å². The molecule has 1 aliphatic rings. The number of H-pyrrole nitrogens is 1. The van der Waals surface area contributed by atoms with E-state index in [0.717, 1.165) is 30.0 Å². The molecule has 0 atom stereocenters. The van der Waals surface area contributed by atoms with Gasteiger partial charge in [0, 0.05) is 36.2 Å². The lowest BCUT2D eigenvalue weighted by Crippen LogP contribution is -2.19. The van der Waals surface area contributed by atoms with E-state index in [1.54, 1.807) is 25.3 Å². The third-order valence-electron chi connectivity index (χ3n) is 3.72. The Kier molecular flexibility index (Phi) is 3.70. The van der Waals surface area contributed by atoms with Crippen LogP contribution in [-0.4, -0.2) is 27.5 Å². The molecular weight excluding hydrogens is 268 g/mol. The van der Waals surface area contributed by atoms with Crippen molar-refractivity contribution >= 4 is 5.69 Å². The number of hydrogen-bond donors (Lipinski definition) is 2. The molecule has 0 amide bonds. The maximum Gasteiger partial charge on any atom is 0.272 e. The summed E-state index contributed by atoms with van der Waals surface area (Å²) in [5, 5.41) is 14.4. The van der Waals surface area contributed by atoms with E-state index < -0.39 is 0 Å². The highest BCUT2D eigenvalue weighted by atomic mass is 16.6. The Bertz CT molecular complexity index is 661. The van der Waals surface area contributed by atoms with E-state index >= 15 is 0 Å². The second-order valence-electron chi connectivity index (χ2n) is 5.48. The zero-order valence-electron chi connectivity index (χ0n) is 11.9. The van der Waals surface area contributed by atoms with Crippen molar-refractivity contribution in [2.24, 2.45) is 0 Å². The molecule has 0 spiro atoms. The molecule has 1 aromatic carbocycles. The third-order valence-corrected chi connectivity index (χ3v) is 3.72. The van der Waals surface area contributed by atoms with Crippen LogP contribution in [0.15, 0.2) is 24.4 Å². The first-order valence-corrected chi connectivity index (χ1v) is 7.16. The number of aromatic nitrogens is 2. The number of aryl methyl sites for hydroxylation is 1. The number of rotatable bonds is 6. The van der Waals surface area contributed by atoms with Crippen LogP contribution >= 0.6 is 0 Å². The van der Waals surface area contributed by atoms with Gasteiger partial charge in [0.2, 0.25) is 0 Å². The largest absolute Gasteiger partial charge is 0.342 e. The molecule has 0 bridgehead atoms. The summed E-state index contributed by atoms with van der Waals surface area (Å²) in [5.74, 6) is 0.904. The summed E-state index contributed by atoms with van der Waals surface area (Å²) in [6.07, 6.45) is 5.12. The Morgan fingerprint density at radius 1 is 1.48 bits per heavy atom. The third kappa shape index (κ3) is 3.28. The first-order valence-electron chi connectivity index (χ1n) is 7.16. The Labute approximate surface area is 122 Å². The summed E-state index contributed by atoms with van der Waals surface area (Å²) in [7, 11) is 0. The summed E-state index contributed by atoms with van der Waals surface area (Å²) < 4.78 is 0. The van der Waals surface area contributed by atoms with Gasteiger partial charge < -0.3 is 10.3 Å². The summed E-state index contributed by atoms with van der Waals surface area (Å²) in [5.41, 5.74) is 2.41. The minimum Gasteiger partial charge on any atom is -0.342 e. The van der Waals surface area contributed by atoms with Crippen molar-refractivity contribution in [2.45, 2.75) is 32.2 Å². The predicted molar refractivity (Wildman–Crippen MR) is 80.1 cm³/mol. The molecule has 0 aliphatic heterocycles. The minimum absolute atomic E-state index is 0.138. The van der Waals surface area contributed by atoms with E-state index in [1.807, 2.05) is 6.07 Å². The molecule has 1 aromatic heterocycles. The number of nitro benzene ring substituents is 1. The maximum absolute atomic E-state index is 11.0. The maximum atomic E-state index is 11.0. The Hall–Kier alpha value is -2.21. The highest BCUT2D eigenvalue weighted by molar-refractivity contribution is 5.63. The van der Waals surface area contributed by atoms with Crippen molar-refractivity contribution in [3.05, 3.63) is 45.9 Å². The first kappa shape index (κ1) is 13.8. The Balaban J connectivity index is 1.72. The van der Waals surface area contributed by atoms with Crippen LogP contribution in [0.5, 0.6) is 0 Å². The first-order chi connectivity index (χ1) is 10.1. The Morgan fingerprint density at radius 3 is 3.00 bits per heavy atom. The van der Waals surface area contributed by atoms with E-state index in [1.165, 1.54) is 12.8 Å². The Morgan fingerprint density at radius 2 is 2.29 bits per heavy atom. The van der Waals surface area contributed by atoms with E-state index in [-0.39, 0.29) is 10.6 Å². The SMILES string of the molecule is Cc1ccc(-c2cnc(CCNC3CC3)[nH]2)cc1[N+](=O)[O-]. The lowest BCUT2D eigenvalue weighted by atomic mass is 10.1. The molecule has 1 heterocycles. The fourth-order valence-electron chi connectivity index (χ4n) is 2.29. The van der Waals surface area contributed by atoms with Crippen LogP contribution < -0.4 is 5.32 Å². The van der Waals surface area contributed by atoms with Crippen molar-refractivity contribution in [3.8, 4) is 11.3 Å². The summed E-state index contributed by atoms with van der Waals surface area (Å²) >= 11 is 0. The van der Waals surface area contributed by atoms with Crippen LogP contribution in [0, 0.1) is 17.0 Å². The second-order valence-corrected chi connectivity index (χ2v) is 5.48. The lowest BCUT2D eigenvalue weighted by molar-refractivity contribution is -0.385. The monoisotopic (exact) mass is 286 g/mol. The fourth-order valence-corrected chi connectivity index (χ4v) is 2.29. The smallest absolute Gasteiger partial charge is 0.272 e. The minimum atomic E-state index is -0.352. The normalized spacial score (nSPS) is 14.3. The number of nitrogens with one attached hydrogen (secondary N) is 2. The van der Waals surface area contributed by atoms with Gasteiger partial charge in [0.15, 0.2) is 0 Å². The van der Waals surface area contributed by atoms with Crippen LogP contribution in [0.1, 0.15) is 24.2 Å². The van der Waals surface area contributed by atoms with Crippen LogP contribution in [0.3, 0.4) is 0 Å². The van der Waals surface area contributed by atoms with E-state index in [0.29, 0.717) is 11.6 Å². The lowest BCUT2D eigenvalue weighted by Gasteiger charge is -2.01. The molecule has 0 radical (unpaired) electrons. The molecule has 2 N–H and O–H groups in total. The zero-order valence-corrected chi connectivity index (χ0v) is 11.9. The van der Waals surface area contributed by atoms with Crippen molar-refractivity contribution in [1.82, 2.24) is 15.3 Å². The topological polar surface area (TPSA) is 83.8 Å². The summed E-state index contributed by atoms with van der Waals surface area (Å²) in [4.78, 5) is 18.2. The second kappa shape index (κ2) is 5.65. The fraction of sp³-hybridized carbons (Fsp3) is 0.400. The molecule has 1 fully saturated rings. The van der Waals surface area contributed by atoms with Gasteiger partial charge in [0.25, 0.3) is 5.69 Å². The number of benzene rings is 1. The average Bonchev–Trinajstić information content (AvgIpc) is 3.16. The molecule has 6 nitrogen and oxygen atoms in total. The molecule has 3 rings (SSSR count). The molecule has 21 heavy (non-hydrogen) atoms. The predicted octanol–water partition coefficient (Wildman–Crippen LogP) is 2.59. The molecule has 110 valence electrons. The van der Waals surface area contributed by atoms with Gasteiger partial charge in [-0.2, -0.15) is 0 Å². The van der Waals surface area contributed by atoms with Gasteiger partial charge in [-0.1, -0.05) is 12.1 Å². The van der Waals surface area contributed by atoms with Crippen molar-refractivity contribution in [1.29, 1.82) is 0 Å². The zero-order chi connectivity index (χ0) is 14.8. The van der Waals surface area contributed by atoms with Crippen molar-refractivity contribution in [3.63, 3.8) is 0 Å². The quantitative estimate of drug-likeness (QED) is 0.631. The van der Waals surface area contributed by atoms with Crippen LogP contribution in [-0.2, 0) is 6.42 Å². The van der Waals surface area contributed by atoms with Gasteiger partial charge in [-0.3, -0.25) is 10.1 Å². The van der Waals surface area contributed by atoms with Gasteiger partial charge in [-0.25, -0.2) is 4.98 Å². The van der Waals surface area contributed by atoms with E-state index in [2.05, 4.69) is 15.3 Å². The van der Waals surface area contributed by atoms with Gasteiger partial charge in [-0.05, 0) is 19.8 Å². The highest BCUT2D eigenvalue weighted by Gasteiger charge is 2.19.